The molecule has 5 nitrogen and oxygen atoms in total. The van der Waals surface area contributed by atoms with E-state index in [0.29, 0.717) is 27.7 Å². The smallest absolute Gasteiger partial charge is 0.416 e. The van der Waals surface area contributed by atoms with Crippen LogP contribution in [0.3, 0.4) is 0 Å². The van der Waals surface area contributed by atoms with E-state index in [4.69, 9.17) is 0 Å². The molecule has 4 aromatic rings. The van der Waals surface area contributed by atoms with Crippen LogP contribution >= 0.6 is 0 Å². The molecule has 176 valence electrons. The highest BCUT2D eigenvalue weighted by molar-refractivity contribution is 7.90. The molecule has 0 spiro atoms. The predicted octanol–water partition coefficient (Wildman–Crippen LogP) is 5.67. The first-order valence-electron chi connectivity index (χ1n) is 10.3. The third kappa shape index (κ3) is 4.56. The SMILES string of the molecule is COC(=O)CCc1cc2cc(-c3ccc(C(F)(F)F)cc3)ccc2n1S(=O)(=O)c1ccccc1. The van der Waals surface area contributed by atoms with Gasteiger partial charge in [-0.3, -0.25) is 4.79 Å². The van der Waals surface area contributed by atoms with Gasteiger partial charge in [-0.15, -0.1) is 0 Å². The van der Waals surface area contributed by atoms with E-state index in [9.17, 15) is 26.4 Å². The third-order valence-corrected chi connectivity index (χ3v) is 7.25. The molecular formula is C25H20F3NO4S. The lowest BCUT2D eigenvalue weighted by Crippen LogP contribution is -2.16. The van der Waals surface area contributed by atoms with Crippen LogP contribution in [0.5, 0.6) is 0 Å². The molecule has 0 N–H and O–H groups in total. The first-order valence-corrected chi connectivity index (χ1v) is 11.7. The Hall–Kier alpha value is -3.59. The van der Waals surface area contributed by atoms with Gasteiger partial charge in [0.15, 0.2) is 0 Å². The number of nitrogens with zero attached hydrogens (tertiary/aromatic N) is 1. The van der Waals surface area contributed by atoms with Crippen LogP contribution in [-0.4, -0.2) is 25.5 Å². The van der Waals surface area contributed by atoms with Crippen molar-refractivity contribution in [3.05, 3.63) is 90.1 Å². The van der Waals surface area contributed by atoms with E-state index in [1.165, 1.54) is 35.3 Å². The van der Waals surface area contributed by atoms with Crippen molar-refractivity contribution >= 4 is 26.9 Å². The maximum absolute atomic E-state index is 13.5. The molecule has 0 bridgehead atoms. The van der Waals surface area contributed by atoms with Crippen LogP contribution in [0.25, 0.3) is 22.0 Å². The van der Waals surface area contributed by atoms with Gasteiger partial charge < -0.3 is 4.74 Å². The third-order valence-electron chi connectivity index (χ3n) is 5.47. The van der Waals surface area contributed by atoms with E-state index < -0.39 is 27.7 Å². The van der Waals surface area contributed by atoms with Crippen molar-refractivity contribution in [2.24, 2.45) is 0 Å². The Labute approximate surface area is 194 Å². The highest BCUT2D eigenvalue weighted by Gasteiger charge is 2.30. The van der Waals surface area contributed by atoms with E-state index in [1.807, 2.05) is 0 Å². The predicted molar refractivity (Wildman–Crippen MR) is 122 cm³/mol. The summed E-state index contributed by atoms with van der Waals surface area (Å²) in [6.07, 6.45) is -4.31. The molecule has 1 aromatic heterocycles. The van der Waals surface area contributed by atoms with Crippen LogP contribution in [-0.2, 0) is 32.2 Å². The lowest BCUT2D eigenvalue weighted by atomic mass is 10.0. The molecule has 0 saturated heterocycles. The van der Waals surface area contributed by atoms with Crippen LogP contribution in [0.1, 0.15) is 17.7 Å². The van der Waals surface area contributed by atoms with E-state index >= 15 is 0 Å². The fourth-order valence-corrected chi connectivity index (χ4v) is 5.36. The Morgan fingerprint density at radius 1 is 0.912 bits per heavy atom. The maximum Gasteiger partial charge on any atom is 0.416 e. The molecule has 0 unspecified atom stereocenters. The molecule has 0 atom stereocenters. The summed E-state index contributed by atoms with van der Waals surface area (Å²) < 4.78 is 71.5. The topological polar surface area (TPSA) is 65.4 Å². The molecule has 0 aliphatic rings. The minimum Gasteiger partial charge on any atom is -0.469 e. The molecule has 0 radical (unpaired) electrons. The fraction of sp³-hybridized carbons (Fsp3) is 0.160. The van der Waals surface area contributed by atoms with Crippen molar-refractivity contribution in [2.45, 2.75) is 23.9 Å². The van der Waals surface area contributed by atoms with Gasteiger partial charge in [0.1, 0.15) is 0 Å². The summed E-state index contributed by atoms with van der Waals surface area (Å²) in [5.74, 6) is -0.473. The van der Waals surface area contributed by atoms with Gasteiger partial charge in [-0.05, 0) is 60.0 Å². The summed E-state index contributed by atoms with van der Waals surface area (Å²) in [5.41, 5.74) is 1.25. The second kappa shape index (κ2) is 8.98. The van der Waals surface area contributed by atoms with Gasteiger partial charge in [0, 0.05) is 11.1 Å². The van der Waals surface area contributed by atoms with E-state index in [2.05, 4.69) is 4.74 Å². The van der Waals surface area contributed by atoms with Crippen LogP contribution in [0.15, 0.2) is 83.8 Å². The zero-order valence-electron chi connectivity index (χ0n) is 18.0. The zero-order valence-corrected chi connectivity index (χ0v) is 18.9. The summed E-state index contributed by atoms with van der Waals surface area (Å²) in [6, 6.07) is 19.4. The molecule has 3 aromatic carbocycles. The van der Waals surface area contributed by atoms with Crippen LogP contribution in [0.4, 0.5) is 13.2 Å². The number of fused-ring (bicyclic) bond motifs is 1. The number of hydrogen-bond donors (Lipinski definition) is 0. The Morgan fingerprint density at radius 2 is 1.56 bits per heavy atom. The van der Waals surface area contributed by atoms with E-state index in [0.717, 1.165) is 12.1 Å². The van der Waals surface area contributed by atoms with Gasteiger partial charge in [0.25, 0.3) is 10.0 Å². The van der Waals surface area contributed by atoms with Crippen LogP contribution in [0.2, 0.25) is 0 Å². The number of methoxy groups -OCH3 is 1. The lowest BCUT2D eigenvalue weighted by molar-refractivity contribution is -0.140. The van der Waals surface area contributed by atoms with Gasteiger partial charge in [-0.25, -0.2) is 12.4 Å². The number of rotatable bonds is 6. The minimum atomic E-state index is -4.43. The van der Waals surface area contributed by atoms with Crippen molar-refractivity contribution in [2.75, 3.05) is 7.11 Å². The van der Waals surface area contributed by atoms with Crippen molar-refractivity contribution in [1.82, 2.24) is 3.97 Å². The highest BCUT2D eigenvalue weighted by Crippen LogP contribution is 2.33. The van der Waals surface area contributed by atoms with Crippen LogP contribution in [0, 0.1) is 0 Å². The van der Waals surface area contributed by atoms with Crippen molar-refractivity contribution in [1.29, 1.82) is 0 Å². The number of halogens is 3. The number of carbonyl (C=O) groups excluding carboxylic acids is 1. The standard InChI is InChI=1S/C25H20F3NO4S/c1-33-24(30)14-12-21-16-19-15-18(17-7-10-20(11-8-17)25(26,27)28)9-13-23(19)29(21)34(31,32)22-5-3-2-4-6-22/h2-11,13,15-16H,12,14H2,1H3. The van der Waals surface area contributed by atoms with Crippen molar-refractivity contribution in [3.8, 4) is 11.1 Å². The van der Waals surface area contributed by atoms with E-state index in [1.54, 1.807) is 42.5 Å². The Morgan fingerprint density at radius 3 is 2.18 bits per heavy atom. The summed E-state index contributed by atoms with van der Waals surface area (Å²) in [7, 11) is -2.71. The van der Waals surface area contributed by atoms with Crippen molar-refractivity contribution in [3.63, 3.8) is 0 Å². The summed E-state index contributed by atoms with van der Waals surface area (Å²) in [6.45, 7) is 0. The zero-order chi connectivity index (χ0) is 24.5. The Balaban J connectivity index is 1.83. The molecule has 34 heavy (non-hydrogen) atoms. The Bertz CT molecular complexity index is 1440. The molecule has 4 rings (SSSR count). The molecule has 9 heteroatoms. The first-order chi connectivity index (χ1) is 16.1. The molecule has 0 saturated carbocycles. The molecule has 1 heterocycles. The van der Waals surface area contributed by atoms with Crippen molar-refractivity contribution < 1.29 is 31.1 Å². The maximum atomic E-state index is 13.5. The van der Waals surface area contributed by atoms with Gasteiger partial charge >= 0.3 is 12.1 Å². The van der Waals surface area contributed by atoms with Gasteiger partial charge in [0.05, 0.1) is 29.5 Å². The second-order valence-electron chi connectivity index (χ2n) is 7.64. The minimum absolute atomic E-state index is 0.0110. The number of alkyl halides is 3. The summed E-state index contributed by atoms with van der Waals surface area (Å²) in [4.78, 5) is 11.8. The molecule has 0 aliphatic carbocycles. The number of hydrogen-bond acceptors (Lipinski definition) is 4. The summed E-state index contributed by atoms with van der Waals surface area (Å²) >= 11 is 0. The number of ether oxygens (including phenoxy) is 1. The lowest BCUT2D eigenvalue weighted by Gasteiger charge is -2.12. The quantitative estimate of drug-likeness (QED) is 0.329. The van der Waals surface area contributed by atoms with Gasteiger partial charge in [0.2, 0.25) is 0 Å². The summed E-state index contributed by atoms with van der Waals surface area (Å²) in [5, 5.41) is 0.580. The average Bonchev–Trinajstić information content (AvgIpc) is 3.21. The number of esters is 1. The number of benzene rings is 3. The molecular weight excluding hydrogens is 467 g/mol. The fourth-order valence-electron chi connectivity index (χ4n) is 3.77. The average molecular weight is 487 g/mol. The first kappa shape index (κ1) is 23.6. The number of aryl methyl sites for hydroxylation is 1. The normalized spacial score (nSPS) is 12.1. The monoisotopic (exact) mass is 487 g/mol. The second-order valence-corrected chi connectivity index (χ2v) is 9.43. The molecule has 0 aliphatic heterocycles. The number of carbonyl (C=O) groups is 1. The van der Waals surface area contributed by atoms with Crippen LogP contribution < -0.4 is 0 Å². The highest BCUT2D eigenvalue weighted by atomic mass is 32.2. The van der Waals surface area contributed by atoms with Gasteiger partial charge in [-0.2, -0.15) is 13.2 Å². The molecule has 0 fully saturated rings. The Kier molecular flexibility index (Phi) is 6.22. The number of aromatic nitrogens is 1. The van der Waals surface area contributed by atoms with Gasteiger partial charge in [-0.1, -0.05) is 36.4 Å². The van der Waals surface area contributed by atoms with E-state index in [-0.39, 0.29) is 17.7 Å². The largest absolute Gasteiger partial charge is 0.469 e. The molecule has 0 amide bonds.